The van der Waals surface area contributed by atoms with Crippen LogP contribution in [0.4, 0.5) is 0 Å². The molecule has 1 aromatic carbocycles. The molecule has 0 aliphatic heterocycles. The summed E-state index contributed by atoms with van der Waals surface area (Å²) in [5.74, 6) is 0.0177. The van der Waals surface area contributed by atoms with Crippen molar-refractivity contribution in [2.75, 3.05) is 0 Å². The molecule has 0 fully saturated rings. The first-order chi connectivity index (χ1) is 4.22. The quantitative estimate of drug-likeness (QED) is 0.634. The van der Waals surface area contributed by atoms with Crippen molar-refractivity contribution in [3.63, 3.8) is 0 Å². The smallest absolute Gasteiger partial charge is 0.135 e. The van der Waals surface area contributed by atoms with Gasteiger partial charge in [0, 0.05) is 0 Å². The van der Waals surface area contributed by atoms with Crippen molar-refractivity contribution in [3.05, 3.63) is 28.2 Å². The minimum atomic E-state index is 0. The highest BCUT2D eigenvalue weighted by Crippen LogP contribution is 2.29. The van der Waals surface area contributed by atoms with E-state index in [-0.39, 0.29) is 20.7 Å². The van der Waals surface area contributed by atoms with Crippen molar-refractivity contribution >= 4 is 33.1 Å². The maximum Gasteiger partial charge on any atom is 0.135 e. The molecule has 0 heterocycles. The predicted molar refractivity (Wildman–Crippen MR) is 49.2 cm³/mol. The third-order valence-corrected chi connectivity index (χ3v) is 1.74. The lowest BCUT2D eigenvalue weighted by Gasteiger charge is -1.95. The molecule has 4 heteroatoms. The number of benzene rings is 1. The Kier molecular flexibility index (Phi) is 4.04. The summed E-state index contributed by atoms with van der Waals surface area (Å²) in [5, 5.41) is 9.46. The van der Waals surface area contributed by atoms with Crippen LogP contribution >= 0.6 is 33.1 Å². The molecule has 1 nitrogen and oxygen atoms in total. The lowest BCUT2D eigenvalue weighted by Crippen LogP contribution is -1.67. The minimum absolute atomic E-state index is 0. The van der Waals surface area contributed by atoms with Gasteiger partial charge < -0.3 is 5.11 Å². The molecule has 0 saturated carbocycles. The number of phenols is 1. The van der Waals surface area contributed by atoms with E-state index in [4.69, 9.17) is 28.3 Å². The summed E-state index contributed by atoms with van der Waals surface area (Å²) in [4.78, 5) is 0. The van der Waals surface area contributed by atoms with Crippen LogP contribution in [0.2, 0.25) is 10.0 Å². The van der Waals surface area contributed by atoms with Gasteiger partial charge in [-0.2, -0.15) is 9.90 Å². The van der Waals surface area contributed by atoms with E-state index in [1.165, 1.54) is 6.07 Å². The summed E-state index contributed by atoms with van der Waals surface area (Å²) in [7, 11) is 0. The number of aromatic hydroxyl groups is 1. The standard InChI is InChI=1S/C6H4Cl2O.H3P/c7-4-2-1-3-5(9)6(4)8;/h1-3,9H;1H3. The fourth-order valence-electron chi connectivity index (χ4n) is 0.492. The van der Waals surface area contributed by atoms with Gasteiger partial charge in [-0.25, -0.2) is 0 Å². The molecular weight excluding hydrogens is 190 g/mol. The van der Waals surface area contributed by atoms with Gasteiger partial charge in [-0.3, -0.25) is 0 Å². The molecule has 1 unspecified atom stereocenters. The van der Waals surface area contributed by atoms with E-state index in [0.717, 1.165) is 0 Å². The van der Waals surface area contributed by atoms with Crippen LogP contribution in [-0.4, -0.2) is 5.11 Å². The zero-order valence-electron chi connectivity index (χ0n) is 5.14. The normalized spacial score (nSPS) is 8.60. The Labute approximate surface area is 72.6 Å². The van der Waals surface area contributed by atoms with Crippen molar-refractivity contribution in [1.29, 1.82) is 0 Å². The van der Waals surface area contributed by atoms with Gasteiger partial charge in [0.15, 0.2) is 0 Å². The van der Waals surface area contributed by atoms with Gasteiger partial charge in [0.25, 0.3) is 0 Å². The van der Waals surface area contributed by atoms with Crippen LogP contribution in [-0.2, 0) is 0 Å². The fraction of sp³-hybridized carbons (Fsp3) is 0. The molecular formula is C6H7Cl2OP. The van der Waals surface area contributed by atoms with E-state index in [1.807, 2.05) is 0 Å². The van der Waals surface area contributed by atoms with Crippen molar-refractivity contribution in [2.45, 2.75) is 0 Å². The third-order valence-electron chi connectivity index (χ3n) is 0.931. The molecule has 0 radical (unpaired) electrons. The molecule has 1 rings (SSSR count). The number of rotatable bonds is 0. The van der Waals surface area contributed by atoms with Gasteiger partial charge in [-0.05, 0) is 12.1 Å². The average Bonchev–Trinajstić information content (AvgIpc) is 1.83. The number of phenolic OH excluding ortho intramolecular Hbond substituents is 1. The first kappa shape index (κ1) is 10.0. The van der Waals surface area contributed by atoms with Gasteiger partial charge in [0.05, 0.1) is 5.02 Å². The first-order valence-corrected chi connectivity index (χ1v) is 3.10. The van der Waals surface area contributed by atoms with Crippen LogP contribution in [0.5, 0.6) is 5.75 Å². The van der Waals surface area contributed by atoms with E-state index in [1.54, 1.807) is 12.1 Å². The topological polar surface area (TPSA) is 20.2 Å². The Morgan fingerprint density at radius 3 is 2.20 bits per heavy atom. The average molecular weight is 197 g/mol. The monoisotopic (exact) mass is 196 g/mol. The summed E-state index contributed by atoms with van der Waals surface area (Å²) in [6.45, 7) is 0. The molecule has 0 bridgehead atoms. The molecule has 0 aliphatic rings. The van der Waals surface area contributed by atoms with E-state index < -0.39 is 0 Å². The lowest BCUT2D eigenvalue weighted by molar-refractivity contribution is 0.475. The Bertz CT molecular complexity index is 207. The Hall–Kier alpha value is 0.0300. The highest BCUT2D eigenvalue weighted by atomic mass is 35.5. The van der Waals surface area contributed by atoms with Crippen LogP contribution in [0.15, 0.2) is 18.2 Å². The fourth-order valence-corrected chi connectivity index (χ4v) is 0.788. The van der Waals surface area contributed by atoms with Crippen molar-refractivity contribution < 1.29 is 5.11 Å². The number of hydrogen-bond acceptors (Lipinski definition) is 1. The van der Waals surface area contributed by atoms with Crippen LogP contribution in [0.1, 0.15) is 0 Å². The Morgan fingerprint density at radius 1 is 1.20 bits per heavy atom. The molecule has 1 N–H and O–H groups in total. The summed E-state index contributed by atoms with van der Waals surface area (Å²) in [5.41, 5.74) is 0. The van der Waals surface area contributed by atoms with Crippen molar-refractivity contribution in [2.24, 2.45) is 0 Å². The van der Waals surface area contributed by atoms with Gasteiger partial charge in [0.1, 0.15) is 10.8 Å². The second kappa shape index (κ2) is 4.02. The van der Waals surface area contributed by atoms with E-state index in [0.29, 0.717) is 5.02 Å². The highest BCUT2D eigenvalue weighted by Gasteiger charge is 1.99. The minimum Gasteiger partial charge on any atom is -0.506 e. The lowest BCUT2D eigenvalue weighted by atomic mass is 10.3. The summed E-state index contributed by atoms with van der Waals surface area (Å²) >= 11 is 11.0. The van der Waals surface area contributed by atoms with Crippen molar-refractivity contribution in [1.82, 2.24) is 0 Å². The van der Waals surface area contributed by atoms with Crippen LogP contribution < -0.4 is 0 Å². The summed E-state index contributed by atoms with van der Waals surface area (Å²) < 4.78 is 0. The molecule has 0 saturated heterocycles. The molecule has 10 heavy (non-hydrogen) atoms. The maximum atomic E-state index is 8.88. The van der Waals surface area contributed by atoms with Crippen LogP contribution in [0.25, 0.3) is 0 Å². The largest absolute Gasteiger partial charge is 0.506 e. The molecule has 0 amide bonds. The Morgan fingerprint density at radius 2 is 1.80 bits per heavy atom. The molecule has 56 valence electrons. The summed E-state index contributed by atoms with van der Waals surface area (Å²) in [6, 6.07) is 4.72. The third kappa shape index (κ3) is 2.02. The van der Waals surface area contributed by atoms with Gasteiger partial charge >= 0.3 is 0 Å². The maximum absolute atomic E-state index is 8.88. The second-order valence-corrected chi connectivity index (χ2v) is 2.36. The van der Waals surface area contributed by atoms with Gasteiger partial charge in [-0.1, -0.05) is 29.3 Å². The van der Waals surface area contributed by atoms with E-state index in [2.05, 4.69) is 0 Å². The van der Waals surface area contributed by atoms with Crippen LogP contribution in [0.3, 0.4) is 0 Å². The molecule has 0 aliphatic carbocycles. The summed E-state index contributed by atoms with van der Waals surface area (Å²) in [6.07, 6.45) is 0. The van der Waals surface area contributed by atoms with Gasteiger partial charge in [0.2, 0.25) is 0 Å². The SMILES string of the molecule is Oc1cccc(Cl)c1Cl.P. The highest BCUT2D eigenvalue weighted by molar-refractivity contribution is 6.92. The molecule has 1 atom stereocenters. The zero-order valence-corrected chi connectivity index (χ0v) is 8.07. The molecule has 0 aromatic heterocycles. The van der Waals surface area contributed by atoms with Crippen molar-refractivity contribution in [3.8, 4) is 5.75 Å². The molecule has 1 aromatic rings. The van der Waals surface area contributed by atoms with Crippen LogP contribution in [0, 0.1) is 0 Å². The second-order valence-electron chi connectivity index (χ2n) is 1.57. The van der Waals surface area contributed by atoms with E-state index in [9.17, 15) is 0 Å². The van der Waals surface area contributed by atoms with E-state index >= 15 is 0 Å². The van der Waals surface area contributed by atoms with Gasteiger partial charge in [-0.15, -0.1) is 0 Å². The number of hydrogen-bond donors (Lipinski definition) is 1. The predicted octanol–water partition coefficient (Wildman–Crippen LogP) is 2.76. The Balaban J connectivity index is 0.000000810. The number of halogens is 2. The zero-order chi connectivity index (χ0) is 6.85. The first-order valence-electron chi connectivity index (χ1n) is 2.35. The molecule has 0 spiro atoms.